The number of nitrogens with zero attached hydrogens (tertiary/aromatic N) is 4. The Labute approximate surface area is 167 Å². The number of aromatic nitrogens is 5. The van der Waals surface area contributed by atoms with Crippen molar-refractivity contribution in [2.24, 2.45) is 5.73 Å². The molecule has 0 spiro atoms. The first-order valence-electron chi connectivity index (χ1n) is 9.03. The maximum atomic E-state index is 13.9. The molecular formula is C18H18F6N6. The third-order valence-electron chi connectivity index (χ3n) is 4.38. The minimum atomic E-state index is -4.58. The number of rotatable bonds is 7. The zero-order valence-corrected chi connectivity index (χ0v) is 15.8. The van der Waals surface area contributed by atoms with Crippen molar-refractivity contribution in [3.05, 3.63) is 52.9 Å². The summed E-state index contributed by atoms with van der Waals surface area (Å²) in [5, 5.41) is 7.90. The van der Waals surface area contributed by atoms with Crippen LogP contribution >= 0.6 is 0 Å². The van der Waals surface area contributed by atoms with Gasteiger partial charge in [0.25, 0.3) is 0 Å². The van der Waals surface area contributed by atoms with Crippen LogP contribution in [0.25, 0.3) is 11.6 Å². The molecule has 3 rings (SSSR count). The molecule has 6 nitrogen and oxygen atoms in total. The van der Waals surface area contributed by atoms with Crippen molar-refractivity contribution in [2.75, 3.05) is 0 Å². The summed E-state index contributed by atoms with van der Waals surface area (Å²) in [5.41, 5.74) is 4.92. The number of alkyl halides is 3. The minimum Gasteiger partial charge on any atom is -0.332 e. The topological polar surface area (TPSA) is 85.4 Å². The predicted octanol–water partition coefficient (Wildman–Crippen LogP) is 3.63. The molecule has 0 aliphatic carbocycles. The molecule has 0 amide bonds. The van der Waals surface area contributed by atoms with Gasteiger partial charge in [0.2, 0.25) is 0 Å². The van der Waals surface area contributed by atoms with Crippen LogP contribution in [0.3, 0.4) is 0 Å². The first-order chi connectivity index (χ1) is 14.1. The predicted molar refractivity (Wildman–Crippen MR) is 94.6 cm³/mol. The van der Waals surface area contributed by atoms with Gasteiger partial charge < -0.3 is 15.3 Å². The van der Waals surface area contributed by atoms with Gasteiger partial charge in [0.15, 0.2) is 23.3 Å². The lowest BCUT2D eigenvalue weighted by molar-refractivity contribution is -0.140. The Morgan fingerprint density at radius 1 is 1.07 bits per heavy atom. The smallest absolute Gasteiger partial charge is 0.332 e. The van der Waals surface area contributed by atoms with Crippen LogP contribution in [0, 0.1) is 17.5 Å². The number of nitrogens with one attached hydrogen (secondary N) is 1. The second-order valence-electron chi connectivity index (χ2n) is 6.76. The molecule has 0 aliphatic rings. The highest BCUT2D eigenvalue weighted by atomic mass is 19.4. The van der Waals surface area contributed by atoms with Crippen molar-refractivity contribution in [1.29, 1.82) is 0 Å². The van der Waals surface area contributed by atoms with Crippen LogP contribution in [-0.2, 0) is 25.6 Å². The molecule has 3 aromatic rings. The number of nitrogens with two attached hydrogens (primary N) is 1. The van der Waals surface area contributed by atoms with Crippen LogP contribution in [0.5, 0.6) is 0 Å². The normalized spacial score (nSPS) is 13.1. The summed E-state index contributed by atoms with van der Waals surface area (Å²) in [6.07, 6.45) is -3.31. The van der Waals surface area contributed by atoms with Crippen molar-refractivity contribution in [3.63, 3.8) is 0 Å². The average Bonchev–Trinajstić information content (AvgIpc) is 3.27. The van der Waals surface area contributed by atoms with E-state index >= 15 is 0 Å². The van der Waals surface area contributed by atoms with Crippen LogP contribution in [0.2, 0.25) is 0 Å². The van der Waals surface area contributed by atoms with Crippen molar-refractivity contribution in [3.8, 4) is 11.6 Å². The van der Waals surface area contributed by atoms with Gasteiger partial charge in [-0.3, -0.25) is 0 Å². The zero-order chi connectivity index (χ0) is 22.1. The number of hydrogen-bond acceptors (Lipinski definition) is 4. The molecule has 0 saturated carbocycles. The van der Waals surface area contributed by atoms with Crippen molar-refractivity contribution in [1.82, 2.24) is 24.7 Å². The van der Waals surface area contributed by atoms with Gasteiger partial charge in [-0.05, 0) is 24.5 Å². The number of halogens is 6. The Bertz CT molecular complexity index is 1020. The van der Waals surface area contributed by atoms with E-state index < -0.39 is 35.4 Å². The van der Waals surface area contributed by atoms with E-state index in [2.05, 4.69) is 20.2 Å². The summed E-state index contributed by atoms with van der Waals surface area (Å²) in [4.78, 5) is 5.90. The third kappa shape index (κ3) is 4.64. The molecule has 12 heteroatoms. The second kappa shape index (κ2) is 8.46. The van der Waals surface area contributed by atoms with E-state index in [1.807, 2.05) is 6.92 Å². The van der Waals surface area contributed by atoms with Crippen LogP contribution in [0.15, 0.2) is 18.3 Å². The van der Waals surface area contributed by atoms with Gasteiger partial charge >= 0.3 is 6.18 Å². The first-order valence-corrected chi connectivity index (χ1v) is 9.03. The highest BCUT2D eigenvalue weighted by Crippen LogP contribution is 2.29. The van der Waals surface area contributed by atoms with Crippen molar-refractivity contribution < 1.29 is 26.3 Å². The zero-order valence-electron chi connectivity index (χ0n) is 15.8. The van der Waals surface area contributed by atoms with E-state index in [1.165, 1.54) is 0 Å². The highest BCUT2D eigenvalue weighted by molar-refractivity contribution is 5.44. The van der Waals surface area contributed by atoms with E-state index in [4.69, 9.17) is 5.73 Å². The SMILES string of the molecule is CCCn1c(C[C@H](N)Cc2cc(F)c(F)cc2F)nnc1-c1ncc(C(F)(F)F)[nH]1. The molecule has 1 aromatic carbocycles. The summed E-state index contributed by atoms with van der Waals surface area (Å²) in [5.74, 6) is -3.05. The van der Waals surface area contributed by atoms with Crippen LogP contribution < -0.4 is 5.73 Å². The number of H-pyrrole nitrogens is 1. The van der Waals surface area contributed by atoms with Crippen LogP contribution in [-0.4, -0.2) is 30.8 Å². The van der Waals surface area contributed by atoms with Gasteiger partial charge in [0.05, 0.1) is 6.20 Å². The quantitative estimate of drug-likeness (QED) is 0.441. The molecule has 3 N–H and O–H groups in total. The summed E-state index contributed by atoms with van der Waals surface area (Å²) >= 11 is 0. The Morgan fingerprint density at radius 2 is 1.77 bits per heavy atom. The van der Waals surface area contributed by atoms with Gasteiger partial charge in [-0.2, -0.15) is 13.2 Å². The van der Waals surface area contributed by atoms with E-state index in [9.17, 15) is 26.3 Å². The Hall–Kier alpha value is -2.89. The van der Waals surface area contributed by atoms with Gasteiger partial charge in [-0.15, -0.1) is 10.2 Å². The van der Waals surface area contributed by atoms with Gasteiger partial charge in [0, 0.05) is 25.1 Å². The number of aromatic amines is 1. The number of imidazole rings is 1. The lowest BCUT2D eigenvalue weighted by Crippen LogP contribution is -2.28. The standard InChI is InChI=1S/C18H18F6N6/c1-2-3-30-15(6-10(25)4-9-5-12(20)13(21)7-11(9)19)28-29-17(30)16-26-8-14(27-16)18(22,23)24/h5,7-8,10H,2-4,6,25H2,1H3,(H,26,27)/t10-/m1/s1. The molecule has 0 fully saturated rings. The Morgan fingerprint density at radius 3 is 2.40 bits per heavy atom. The molecule has 162 valence electrons. The molecular weight excluding hydrogens is 414 g/mol. The second-order valence-corrected chi connectivity index (χ2v) is 6.76. The summed E-state index contributed by atoms with van der Waals surface area (Å²) in [6.45, 7) is 2.24. The van der Waals surface area contributed by atoms with Crippen molar-refractivity contribution in [2.45, 2.75) is 44.9 Å². The molecule has 0 aliphatic heterocycles. The molecule has 0 radical (unpaired) electrons. The van der Waals surface area contributed by atoms with Gasteiger partial charge in [-0.25, -0.2) is 18.2 Å². The lowest BCUT2D eigenvalue weighted by atomic mass is 10.0. The van der Waals surface area contributed by atoms with Crippen molar-refractivity contribution >= 4 is 0 Å². The van der Waals surface area contributed by atoms with E-state index in [1.54, 1.807) is 4.57 Å². The average molecular weight is 432 g/mol. The maximum Gasteiger partial charge on any atom is 0.432 e. The van der Waals surface area contributed by atoms with Gasteiger partial charge in [0.1, 0.15) is 17.3 Å². The third-order valence-corrected chi connectivity index (χ3v) is 4.38. The molecule has 0 bridgehead atoms. The first kappa shape index (κ1) is 21.8. The van der Waals surface area contributed by atoms with Crippen LogP contribution in [0.4, 0.5) is 26.3 Å². The fourth-order valence-electron chi connectivity index (χ4n) is 3.01. The van der Waals surface area contributed by atoms with E-state index in [-0.39, 0.29) is 30.1 Å². The molecule has 1 atom stereocenters. The Balaban J connectivity index is 1.83. The molecule has 2 aromatic heterocycles. The fraction of sp³-hybridized carbons (Fsp3) is 0.389. The van der Waals surface area contributed by atoms with E-state index in [0.29, 0.717) is 31.1 Å². The minimum absolute atomic E-state index is 0.0816. The molecule has 2 heterocycles. The maximum absolute atomic E-state index is 13.9. The monoisotopic (exact) mass is 432 g/mol. The molecule has 30 heavy (non-hydrogen) atoms. The van der Waals surface area contributed by atoms with Gasteiger partial charge in [-0.1, -0.05) is 6.92 Å². The Kier molecular flexibility index (Phi) is 6.15. The molecule has 0 unspecified atom stereocenters. The van der Waals surface area contributed by atoms with Crippen LogP contribution in [0.1, 0.15) is 30.4 Å². The molecule has 0 saturated heterocycles. The number of benzene rings is 1. The summed E-state index contributed by atoms with van der Waals surface area (Å²) in [7, 11) is 0. The summed E-state index contributed by atoms with van der Waals surface area (Å²) in [6, 6.07) is 0.470. The summed E-state index contributed by atoms with van der Waals surface area (Å²) < 4.78 is 80.3. The largest absolute Gasteiger partial charge is 0.432 e. The van der Waals surface area contributed by atoms with E-state index in [0.717, 1.165) is 6.07 Å². The lowest BCUT2D eigenvalue weighted by Gasteiger charge is -2.14. The number of hydrogen-bond donors (Lipinski definition) is 2. The fourth-order valence-corrected chi connectivity index (χ4v) is 3.01. The highest BCUT2D eigenvalue weighted by Gasteiger charge is 2.33.